The molecule has 1 N–H and O–H groups in total. The molecule has 3 heterocycles. The Hall–Kier alpha value is -2.31. The number of nitrogens with zero attached hydrogens (tertiary/aromatic N) is 3. The van der Waals surface area contributed by atoms with E-state index in [1.54, 1.807) is 23.7 Å². The molecule has 0 atom stereocenters. The summed E-state index contributed by atoms with van der Waals surface area (Å²) < 4.78 is 1.86. The minimum absolute atomic E-state index is 0.580. The van der Waals surface area contributed by atoms with Gasteiger partial charge in [-0.3, -0.25) is 0 Å². The predicted molar refractivity (Wildman–Crippen MR) is 100 cm³/mol. The second-order valence-corrected chi connectivity index (χ2v) is 6.66. The quantitative estimate of drug-likeness (QED) is 0.573. The molecule has 4 nitrogen and oxygen atoms in total. The number of anilines is 1. The fourth-order valence-electron chi connectivity index (χ4n) is 2.59. The van der Waals surface area contributed by atoms with Crippen LogP contribution >= 0.6 is 22.9 Å². The van der Waals surface area contributed by atoms with Gasteiger partial charge in [-0.1, -0.05) is 29.8 Å². The first-order valence-electron chi connectivity index (χ1n) is 7.36. The van der Waals surface area contributed by atoms with Crippen molar-refractivity contribution in [2.45, 2.75) is 6.54 Å². The Balaban J connectivity index is 1.81. The molecule has 0 bridgehead atoms. The van der Waals surface area contributed by atoms with Crippen molar-refractivity contribution in [1.82, 2.24) is 14.4 Å². The number of fused-ring (bicyclic) bond motifs is 1. The fraction of sp³-hybridized carbons (Fsp3) is 0.0588. The zero-order chi connectivity index (χ0) is 16.5. The molecule has 7 heteroatoms. The van der Waals surface area contributed by atoms with Gasteiger partial charge in [0, 0.05) is 40.1 Å². The molecule has 0 unspecified atom stereocenters. The Morgan fingerprint density at radius 1 is 1.25 bits per heavy atom. The van der Waals surface area contributed by atoms with Gasteiger partial charge in [0.15, 0.2) is 5.65 Å². The lowest BCUT2D eigenvalue weighted by atomic mass is 10.0. The van der Waals surface area contributed by atoms with Crippen molar-refractivity contribution in [3.05, 3.63) is 64.3 Å². The van der Waals surface area contributed by atoms with Gasteiger partial charge in [0.05, 0.1) is 12.2 Å². The highest BCUT2D eigenvalue weighted by Gasteiger charge is 2.11. The molecule has 4 rings (SSSR count). The first kappa shape index (κ1) is 15.2. The van der Waals surface area contributed by atoms with E-state index < -0.39 is 0 Å². The van der Waals surface area contributed by atoms with Crippen LogP contribution in [0.5, 0.6) is 0 Å². The summed E-state index contributed by atoms with van der Waals surface area (Å²) in [5.74, 6) is 0. The predicted octanol–water partition coefficient (Wildman–Crippen LogP) is 3.52. The third-order valence-electron chi connectivity index (χ3n) is 3.73. The van der Waals surface area contributed by atoms with E-state index in [1.807, 2.05) is 46.3 Å². The molecule has 0 amide bonds. The summed E-state index contributed by atoms with van der Waals surface area (Å²) in [6.45, 7) is 0.631. The number of hydrogen-bond acceptors (Lipinski definition) is 4. The van der Waals surface area contributed by atoms with Crippen molar-refractivity contribution in [1.29, 1.82) is 0 Å². The van der Waals surface area contributed by atoms with Gasteiger partial charge < -0.3 is 9.72 Å². The lowest BCUT2D eigenvalue weighted by molar-refractivity contribution is 1.09. The zero-order valence-electron chi connectivity index (χ0n) is 12.6. The third kappa shape index (κ3) is 2.79. The van der Waals surface area contributed by atoms with Gasteiger partial charge in [0.1, 0.15) is 12.9 Å². The topological polar surface area (TPSA) is 42.2 Å². The van der Waals surface area contributed by atoms with Gasteiger partial charge in [-0.05, 0) is 17.7 Å². The number of nitrogens with one attached hydrogen (secondary N) is 1. The lowest BCUT2D eigenvalue weighted by Crippen LogP contribution is -2.10. The summed E-state index contributed by atoms with van der Waals surface area (Å²) in [5.41, 5.74) is 4.17. The largest absolute Gasteiger partial charge is 0.376 e. The van der Waals surface area contributed by atoms with E-state index in [0.717, 1.165) is 27.5 Å². The summed E-state index contributed by atoms with van der Waals surface area (Å²) in [4.78, 5) is 8.70. The van der Waals surface area contributed by atoms with Crippen LogP contribution in [0.25, 0.3) is 16.8 Å². The molecule has 0 aliphatic heterocycles. The summed E-state index contributed by atoms with van der Waals surface area (Å²) in [5, 5.41) is 7.06. The molecule has 1 aromatic carbocycles. The van der Waals surface area contributed by atoms with E-state index in [1.165, 1.54) is 0 Å². The van der Waals surface area contributed by atoms with Crippen molar-refractivity contribution < 1.29 is 0 Å². The molecular formula is C17H12BClN4S. The molecule has 0 saturated carbocycles. The molecule has 0 spiro atoms. The molecule has 2 radical (unpaired) electrons. The first-order chi connectivity index (χ1) is 11.7. The average molecular weight is 351 g/mol. The van der Waals surface area contributed by atoms with Crippen LogP contribution in [0.2, 0.25) is 5.02 Å². The van der Waals surface area contributed by atoms with Crippen molar-refractivity contribution in [2.24, 2.45) is 0 Å². The zero-order valence-corrected chi connectivity index (χ0v) is 14.2. The van der Waals surface area contributed by atoms with Crippen molar-refractivity contribution in [3.63, 3.8) is 0 Å². The van der Waals surface area contributed by atoms with Gasteiger partial charge in [0.2, 0.25) is 0 Å². The van der Waals surface area contributed by atoms with Crippen LogP contribution in [0, 0.1) is 0 Å². The van der Waals surface area contributed by atoms with Gasteiger partial charge >= 0.3 is 0 Å². The van der Waals surface area contributed by atoms with Crippen molar-refractivity contribution in [2.75, 3.05) is 5.32 Å². The molecule has 3 aromatic heterocycles. The van der Waals surface area contributed by atoms with Crippen molar-refractivity contribution in [3.8, 4) is 11.1 Å². The third-order valence-corrected chi connectivity index (χ3v) is 4.84. The van der Waals surface area contributed by atoms with E-state index in [4.69, 9.17) is 19.4 Å². The Morgan fingerprint density at radius 3 is 2.92 bits per heavy atom. The number of rotatable bonds is 4. The number of hydrogen-bond donors (Lipinski definition) is 1. The second-order valence-electron chi connectivity index (χ2n) is 5.28. The van der Waals surface area contributed by atoms with Gasteiger partial charge in [-0.15, -0.1) is 11.3 Å². The highest BCUT2D eigenvalue weighted by Crippen LogP contribution is 2.30. The number of imidazole rings is 1. The molecule has 24 heavy (non-hydrogen) atoms. The van der Waals surface area contributed by atoms with E-state index in [0.29, 0.717) is 17.2 Å². The Morgan fingerprint density at radius 2 is 2.12 bits per heavy atom. The molecule has 4 aromatic rings. The number of benzene rings is 1. The summed E-state index contributed by atoms with van der Waals surface area (Å²) >= 11 is 7.96. The normalized spacial score (nSPS) is 11.0. The van der Waals surface area contributed by atoms with E-state index in [9.17, 15) is 0 Å². The standard InChI is InChI=1S/C17H12BClN4S/c18-15-8-22-17-14(21-9-16-20-5-6-24-16)7-11(10-23(15)17)12-3-1-2-4-13(12)19/h1-8,10,21H,9H2. The van der Waals surface area contributed by atoms with Crippen LogP contribution < -0.4 is 10.9 Å². The minimum Gasteiger partial charge on any atom is -0.376 e. The Kier molecular flexibility index (Phi) is 4.00. The maximum atomic E-state index is 6.35. The molecule has 0 aliphatic rings. The maximum absolute atomic E-state index is 6.35. The molecule has 0 saturated heterocycles. The lowest BCUT2D eigenvalue weighted by Gasteiger charge is -2.12. The van der Waals surface area contributed by atoms with E-state index in [-0.39, 0.29) is 0 Å². The fourth-order valence-corrected chi connectivity index (χ4v) is 3.39. The Bertz CT molecular complexity index is 997. The van der Waals surface area contributed by atoms with Crippen LogP contribution in [-0.4, -0.2) is 22.2 Å². The van der Waals surface area contributed by atoms with Crippen LogP contribution in [0.1, 0.15) is 5.01 Å². The maximum Gasteiger partial charge on any atom is 0.159 e. The molecule has 116 valence electrons. The summed E-state index contributed by atoms with van der Waals surface area (Å²) in [6, 6.07) is 9.78. The van der Waals surface area contributed by atoms with Gasteiger partial charge in [-0.25, -0.2) is 9.97 Å². The van der Waals surface area contributed by atoms with Crippen LogP contribution in [0.3, 0.4) is 0 Å². The summed E-state index contributed by atoms with van der Waals surface area (Å²) in [6.07, 6.45) is 5.40. The first-order valence-corrected chi connectivity index (χ1v) is 8.62. The highest BCUT2D eigenvalue weighted by atomic mass is 35.5. The van der Waals surface area contributed by atoms with Crippen LogP contribution in [0.4, 0.5) is 5.69 Å². The number of thiazole rings is 1. The van der Waals surface area contributed by atoms with Crippen LogP contribution in [0.15, 0.2) is 54.3 Å². The highest BCUT2D eigenvalue weighted by molar-refractivity contribution is 7.09. The van der Waals surface area contributed by atoms with Gasteiger partial charge in [-0.2, -0.15) is 0 Å². The second kappa shape index (κ2) is 6.30. The Labute approximate surface area is 149 Å². The minimum atomic E-state index is 0.580. The number of aromatic nitrogens is 3. The average Bonchev–Trinajstić information content (AvgIpc) is 3.23. The molecular weight excluding hydrogens is 339 g/mol. The van der Waals surface area contributed by atoms with Crippen LogP contribution in [-0.2, 0) is 6.54 Å². The smallest absolute Gasteiger partial charge is 0.159 e. The van der Waals surface area contributed by atoms with E-state index in [2.05, 4.69) is 15.3 Å². The van der Waals surface area contributed by atoms with Crippen molar-refractivity contribution >= 4 is 47.7 Å². The SMILES string of the molecule is [B]c1cnc2c(NCc3nccs3)cc(-c3ccccc3Cl)cn12. The van der Waals surface area contributed by atoms with Gasteiger partial charge in [0.25, 0.3) is 0 Å². The summed E-state index contributed by atoms with van der Waals surface area (Å²) in [7, 11) is 6.05. The monoisotopic (exact) mass is 350 g/mol. The number of pyridine rings is 1. The molecule has 0 fully saturated rings. The number of halogens is 1. The van der Waals surface area contributed by atoms with E-state index >= 15 is 0 Å². The molecule has 0 aliphatic carbocycles.